The summed E-state index contributed by atoms with van der Waals surface area (Å²) < 4.78 is 0. The van der Waals surface area contributed by atoms with Gasteiger partial charge in [0, 0.05) is 17.0 Å². The molecule has 0 radical (unpaired) electrons. The number of nitrogens with one attached hydrogen (secondary N) is 1. The van der Waals surface area contributed by atoms with E-state index in [9.17, 15) is 4.79 Å². The molecule has 0 atom stereocenters. The number of carbonyl (C=O) groups is 1. The first-order chi connectivity index (χ1) is 6.75. The van der Waals surface area contributed by atoms with Crippen LogP contribution >= 0.6 is 12.6 Å². The number of rotatable bonds is 3. The van der Waals surface area contributed by atoms with Gasteiger partial charge in [-0.05, 0) is 37.0 Å². The van der Waals surface area contributed by atoms with Crippen LogP contribution in [0.4, 0.5) is 0 Å². The minimum Gasteiger partial charge on any atom is -0.352 e. The van der Waals surface area contributed by atoms with Crippen LogP contribution in [0.15, 0.2) is 29.2 Å². The van der Waals surface area contributed by atoms with Crippen molar-refractivity contribution in [3.63, 3.8) is 0 Å². The van der Waals surface area contributed by atoms with Crippen LogP contribution in [0.5, 0.6) is 0 Å². The highest BCUT2D eigenvalue weighted by atomic mass is 32.1. The summed E-state index contributed by atoms with van der Waals surface area (Å²) in [4.78, 5) is 12.4. The lowest BCUT2D eigenvalue weighted by atomic mass is 10.2. The standard InChI is InChI=1S/C11H13NOS/c13-11(12-7-8-4-5-8)9-2-1-3-10(14)6-9/h1-3,6,8,14H,4-5,7H2,(H,12,13). The molecule has 3 heteroatoms. The van der Waals surface area contributed by atoms with Gasteiger partial charge >= 0.3 is 0 Å². The quantitative estimate of drug-likeness (QED) is 0.730. The number of benzene rings is 1. The number of hydrogen-bond acceptors (Lipinski definition) is 2. The van der Waals surface area contributed by atoms with E-state index < -0.39 is 0 Å². The number of carbonyl (C=O) groups excluding carboxylic acids is 1. The van der Waals surface area contributed by atoms with Crippen LogP contribution < -0.4 is 5.32 Å². The number of amides is 1. The summed E-state index contributed by atoms with van der Waals surface area (Å²) >= 11 is 4.19. The third-order valence-electron chi connectivity index (χ3n) is 2.36. The van der Waals surface area contributed by atoms with Crippen molar-refractivity contribution < 1.29 is 4.79 Å². The second-order valence-corrected chi connectivity index (χ2v) is 4.22. The van der Waals surface area contributed by atoms with Crippen molar-refractivity contribution in [2.75, 3.05) is 6.54 Å². The van der Waals surface area contributed by atoms with Crippen LogP contribution in [0.2, 0.25) is 0 Å². The summed E-state index contributed by atoms with van der Waals surface area (Å²) in [6.45, 7) is 0.815. The van der Waals surface area contributed by atoms with Gasteiger partial charge in [-0.25, -0.2) is 0 Å². The molecule has 0 heterocycles. The van der Waals surface area contributed by atoms with Crippen LogP contribution in [0, 0.1) is 5.92 Å². The fourth-order valence-electron chi connectivity index (χ4n) is 1.31. The molecule has 0 saturated heterocycles. The van der Waals surface area contributed by atoms with Gasteiger partial charge in [0.1, 0.15) is 0 Å². The van der Waals surface area contributed by atoms with Crippen molar-refractivity contribution in [3.8, 4) is 0 Å². The smallest absolute Gasteiger partial charge is 0.251 e. The molecule has 2 rings (SSSR count). The maximum Gasteiger partial charge on any atom is 0.251 e. The molecule has 1 saturated carbocycles. The maximum absolute atomic E-state index is 11.6. The van der Waals surface area contributed by atoms with E-state index in [0.717, 1.165) is 17.4 Å². The lowest BCUT2D eigenvalue weighted by Crippen LogP contribution is -2.25. The highest BCUT2D eigenvalue weighted by Crippen LogP contribution is 2.27. The molecular weight excluding hydrogens is 194 g/mol. The molecular formula is C11H13NOS. The molecule has 1 aromatic carbocycles. The largest absolute Gasteiger partial charge is 0.352 e. The molecule has 0 aromatic heterocycles. The van der Waals surface area contributed by atoms with Crippen LogP contribution in [-0.2, 0) is 0 Å². The summed E-state index contributed by atoms with van der Waals surface area (Å²) in [6, 6.07) is 7.29. The number of hydrogen-bond donors (Lipinski definition) is 2. The molecule has 2 nitrogen and oxygen atoms in total. The van der Waals surface area contributed by atoms with E-state index >= 15 is 0 Å². The zero-order valence-electron chi connectivity index (χ0n) is 7.86. The highest BCUT2D eigenvalue weighted by Gasteiger charge is 2.21. The van der Waals surface area contributed by atoms with E-state index in [1.165, 1.54) is 12.8 Å². The molecule has 74 valence electrons. The topological polar surface area (TPSA) is 29.1 Å². The lowest BCUT2D eigenvalue weighted by molar-refractivity contribution is 0.0951. The van der Waals surface area contributed by atoms with Crippen molar-refractivity contribution in [2.24, 2.45) is 5.92 Å². The average Bonchev–Trinajstić information content (AvgIpc) is 2.97. The van der Waals surface area contributed by atoms with Crippen molar-refractivity contribution in [1.82, 2.24) is 5.32 Å². The predicted octanol–water partition coefficient (Wildman–Crippen LogP) is 2.12. The molecule has 1 N–H and O–H groups in total. The minimum atomic E-state index is 0.00722. The Kier molecular flexibility index (Phi) is 2.77. The van der Waals surface area contributed by atoms with Gasteiger partial charge < -0.3 is 5.32 Å². The van der Waals surface area contributed by atoms with Crippen LogP contribution in [-0.4, -0.2) is 12.5 Å². The first kappa shape index (κ1) is 9.59. The minimum absolute atomic E-state index is 0.00722. The summed E-state index contributed by atoms with van der Waals surface area (Å²) in [5.74, 6) is 0.728. The van der Waals surface area contributed by atoms with Crippen LogP contribution in [0.1, 0.15) is 23.2 Å². The third-order valence-corrected chi connectivity index (χ3v) is 2.63. The molecule has 1 aliphatic carbocycles. The SMILES string of the molecule is O=C(NCC1CC1)c1cccc(S)c1. The fourth-order valence-corrected chi connectivity index (χ4v) is 1.53. The average molecular weight is 207 g/mol. The van der Waals surface area contributed by atoms with E-state index in [-0.39, 0.29) is 5.91 Å². The fraction of sp³-hybridized carbons (Fsp3) is 0.364. The van der Waals surface area contributed by atoms with E-state index in [0.29, 0.717) is 5.56 Å². The van der Waals surface area contributed by atoms with Gasteiger partial charge in [-0.15, -0.1) is 12.6 Å². The molecule has 1 amide bonds. The molecule has 14 heavy (non-hydrogen) atoms. The third kappa shape index (κ3) is 2.51. The van der Waals surface area contributed by atoms with Crippen molar-refractivity contribution in [2.45, 2.75) is 17.7 Å². The Bertz CT molecular complexity index is 347. The Morgan fingerprint density at radius 3 is 2.93 bits per heavy atom. The summed E-state index contributed by atoms with van der Waals surface area (Å²) in [7, 11) is 0. The second-order valence-electron chi connectivity index (χ2n) is 3.70. The Hall–Kier alpha value is -0.960. The number of thiol groups is 1. The van der Waals surface area contributed by atoms with Crippen LogP contribution in [0.25, 0.3) is 0 Å². The Morgan fingerprint density at radius 2 is 2.29 bits per heavy atom. The predicted molar refractivity (Wildman–Crippen MR) is 58.8 cm³/mol. The first-order valence-corrected chi connectivity index (χ1v) is 5.27. The van der Waals surface area contributed by atoms with Gasteiger partial charge in [0.25, 0.3) is 5.91 Å². The monoisotopic (exact) mass is 207 g/mol. The van der Waals surface area contributed by atoms with Gasteiger partial charge in [0.05, 0.1) is 0 Å². The maximum atomic E-state index is 11.6. The summed E-state index contributed by atoms with van der Waals surface area (Å²) in [5.41, 5.74) is 0.693. The first-order valence-electron chi connectivity index (χ1n) is 4.83. The van der Waals surface area contributed by atoms with Gasteiger partial charge in [0.15, 0.2) is 0 Å². The summed E-state index contributed by atoms with van der Waals surface area (Å²) in [6.07, 6.45) is 2.51. The molecule has 1 aromatic rings. The lowest BCUT2D eigenvalue weighted by Gasteiger charge is -2.03. The van der Waals surface area contributed by atoms with Gasteiger partial charge in [-0.3, -0.25) is 4.79 Å². The second kappa shape index (κ2) is 4.05. The Balaban J connectivity index is 1.95. The molecule has 0 bridgehead atoms. The van der Waals surface area contributed by atoms with E-state index in [2.05, 4.69) is 17.9 Å². The van der Waals surface area contributed by atoms with Crippen molar-refractivity contribution in [3.05, 3.63) is 29.8 Å². The van der Waals surface area contributed by atoms with Gasteiger partial charge in [0.2, 0.25) is 0 Å². The van der Waals surface area contributed by atoms with E-state index in [1.807, 2.05) is 18.2 Å². The van der Waals surface area contributed by atoms with E-state index in [1.54, 1.807) is 6.07 Å². The Morgan fingerprint density at radius 1 is 1.50 bits per heavy atom. The highest BCUT2D eigenvalue weighted by molar-refractivity contribution is 7.80. The van der Waals surface area contributed by atoms with Crippen molar-refractivity contribution >= 4 is 18.5 Å². The van der Waals surface area contributed by atoms with Gasteiger partial charge in [-0.1, -0.05) is 6.07 Å². The van der Waals surface area contributed by atoms with Gasteiger partial charge in [-0.2, -0.15) is 0 Å². The van der Waals surface area contributed by atoms with Crippen molar-refractivity contribution in [1.29, 1.82) is 0 Å². The molecule has 0 spiro atoms. The zero-order chi connectivity index (χ0) is 9.97. The molecule has 0 unspecified atom stereocenters. The molecule has 1 aliphatic rings. The normalized spacial score (nSPS) is 15.2. The Labute approximate surface area is 89.1 Å². The zero-order valence-corrected chi connectivity index (χ0v) is 8.76. The van der Waals surface area contributed by atoms with E-state index in [4.69, 9.17) is 0 Å². The summed E-state index contributed by atoms with van der Waals surface area (Å²) in [5, 5.41) is 2.92. The molecule has 1 fully saturated rings. The molecule has 0 aliphatic heterocycles. The van der Waals surface area contributed by atoms with Crippen LogP contribution in [0.3, 0.4) is 0 Å².